The molecule has 1 fully saturated rings. The summed E-state index contributed by atoms with van der Waals surface area (Å²) in [7, 11) is 0. The van der Waals surface area contributed by atoms with Crippen LogP contribution in [0.1, 0.15) is 31.2 Å². The number of rotatable bonds is 4. The van der Waals surface area contributed by atoms with Crippen molar-refractivity contribution in [1.29, 1.82) is 0 Å². The van der Waals surface area contributed by atoms with Gasteiger partial charge in [-0.1, -0.05) is 6.92 Å². The van der Waals surface area contributed by atoms with E-state index >= 15 is 0 Å². The minimum Gasteiger partial charge on any atom is -0.354 e. The molecule has 18 heavy (non-hydrogen) atoms. The number of aromatic nitrogens is 2. The van der Waals surface area contributed by atoms with E-state index in [1.165, 1.54) is 12.8 Å². The Balaban J connectivity index is 1.51. The number of nitrogens with zero attached hydrogens (tertiary/aromatic N) is 1. The van der Waals surface area contributed by atoms with Crippen molar-refractivity contribution in [2.45, 2.75) is 38.8 Å². The molecular formula is C13H20N4O. The minimum absolute atomic E-state index is 0.108. The second kappa shape index (κ2) is 4.72. The maximum Gasteiger partial charge on any atom is 0.237 e. The van der Waals surface area contributed by atoms with E-state index in [1.54, 1.807) is 6.33 Å². The molecule has 0 saturated heterocycles. The van der Waals surface area contributed by atoms with Crippen LogP contribution >= 0.6 is 0 Å². The van der Waals surface area contributed by atoms with Gasteiger partial charge in [0.15, 0.2) is 0 Å². The van der Waals surface area contributed by atoms with Crippen molar-refractivity contribution >= 4 is 5.91 Å². The van der Waals surface area contributed by atoms with E-state index < -0.39 is 0 Å². The van der Waals surface area contributed by atoms with E-state index in [4.69, 9.17) is 0 Å². The number of amides is 1. The van der Waals surface area contributed by atoms with Crippen molar-refractivity contribution < 1.29 is 4.79 Å². The Morgan fingerprint density at radius 3 is 3.22 bits per heavy atom. The molecule has 2 atom stereocenters. The first kappa shape index (κ1) is 11.7. The van der Waals surface area contributed by atoms with E-state index in [9.17, 15) is 4.79 Å². The predicted octanol–water partition coefficient (Wildman–Crippen LogP) is 0.586. The summed E-state index contributed by atoms with van der Waals surface area (Å²) in [5.74, 6) is 1.55. The van der Waals surface area contributed by atoms with E-state index in [0.29, 0.717) is 18.9 Å². The molecule has 3 N–H and O–H groups in total. The summed E-state index contributed by atoms with van der Waals surface area (Å²) in [4.78, 5) is 19.4. The molecule has 2 aliphatic rings. The molecule has 2 heterocycles. The molecule has 0 aromatic carbocycles. The first-order valence-electron chi connectivity index (χ1n) is 6.76. The highest BCUT2D eigenvalue weighted by molar-refractivity contribution is 5.82. The number of hydrogen-bond donors (Lipinski definition) is 3. The van der Waals surface area contributed by atoms with Crippen LogP contribution in [0.3, 0.4) is 0 Å². The molecular weight excluding hydrogens is 228 g/mol. The Hall–Kier alpha value is -1.36. The van der Waals surface area contributed by atoms with Gasteiger partial charge < -0.3 is 10.3 Å². The zero-order valence-electron chi connectivity index (χ0n) is 10.7. The van der Waals surface area contributed by atoms with E-state index in [-0.39, 0.29) is 11.9 Å². The van der Waals surface area contributed by atoms with E-state index in [0.717, 1.165) is 23.9 Å². The zero-order chi connectivity index (χ0) is 12.5. The zero-order valence-corrected chi connectivity index (χ0v) is 10.7. The van der Waals surface area contributed by atoms with Gasteiger partial charge in [0.1, 0.15) is 0 Å². The van der Waals surface area contributed by atoms with Crippen LogP contribution in [-0.4, -0.2) is 28.5 Å². The topological polar surface area (TPSA) is 69.8 Å². The van der Waals surface area contributed by atoms with Gasteiger partial charge in [0.2, 0.25) is 5.91 Å². The number of H-pyrrole nitrogens is 1. The van der Waals surface area contributed by atoms with Gasteiger partial charge >= 0.3 is 0 Å². The van der Waals surface area contributed by atoms with Crippen LogP contribution in [0.4, 0.5) is 0 Å². The quantitative estimate of drug-likeness (QED) is 0.730. The largest absolute Gasteiger partial charge is 0.354 e. The third-order valence-electron chi connectivity index (χ3n) is 4.07. The van der Waals surface area contributed by atoms with Crippen molar-refractivity contribution in [3.8, 4) is 0 Å². The predicted molar refractivity (Wildman–Crippen MR) is 67.8 cm³/mol. The highest BCUT2D eigenvalue weighted by Gasteiger charge is 2.29. The smallest absolute Gasteiger partial charge is 0.237 e. The lowest BCUT2D eigenvalue weighted by Gasteiger charge is -2.23. The fourth-order valence-electron chi connectivity index (χ4n) is 2.57. The minimum atomic E-state index is -0.132. The van der Waals surface area contributed by atoms with Crippen LogP contribution in [-0.2, 0) is 17.8 Å². The molecule has 0 bridgehead atoms. The standard InChI is InChI=1S/C13H20N4O/c1-8(9-2-3-9)5-15-13(18)11-4-10-12(6-14-11)17-7-16-10/h7-9,11,14H,2-6H2,1H3,(H,15,18)(H,16,17). The molecule has 1 aliphatic heterocycles. The molecule has 3 rings (SSSR count). The second-order valence-electron chi connectivity index (χ2n) is 5.53. The highest BCUT2D eigenvalue weighted by atomic mass is 16.2. The summed E-state index contributed by atoms with van der Waals surface area (Å²) in [5.41, 5.74) is 2.12. The van der Waals surface area contributed by atoms with E-state index in [1.807, 2.05) is 0 Å². The van der Waals surface area contributed by atoms with Crippen molar-refractivity contribution in [3.63, 3.8) is 0 Å². The number of aromatic amines is 1. The van der Waals surface area contributed by atoms with Gasteiger partial charge in [0, 0.05) is 19.5 Å². The normalized spacial score (nSPS) is 24.4. The summed E-state index contributed by atoms with van der Waals surface area (Å²) in [6.07, 6.45) is 5.04. The van der Waals surface area contributed by atoms with Crippen LogP contribution < -0.4 is 10.6 Å². The maximum atomic E-state index is 12.1. The van der Waals surface area contributed by atoms with Crippen molar-refractivity contribution in [2.24, 2.45) is 11.8 Å². The first-order chi connectivity index (χ1) is 8.74. The lowest BCUT2D eigenvalue weighted by molar-refractivity contribution is -0.123. The first-order valence-corrected chi connectivity index (χ1v) is 6.76. The van der Waals surface area contributed by atoms with Crippen molar-refractivity contribution in [1.82, 2.24) is 20.6 Å². The average molecular weight is 248 g/mol. The Bertz CT molecular complexity index is 438. The fourth-order valence-corrected chi connectivity index (χ4v) is 2.57. The van der Waals surface area contributed by atoms with Gasteiger partial charge in [-0.3, -0.25) is 10.1 Å². The van der Waals surface area contributed by atoms with E-state index in [2.05, 4.69) is 27.5 Å². The number of nitrogens with one attached hydrogen (secondary N) is 3. The fraction of sp³-hybridized carbons (Fsp3) is 0.692. The summed E-state index contributed by atoms with van der Waals surface area (Å²) >= 11 is 0. The van der Waals surface area contributed by atoms with Gasteiger partial charge in [-0.15, -0.1) is 0 Å². The van der Waals surface area contributed by atoms with Crippen LogP contribution in [0, 0.1) is 11.8 Å². The Labute approximate surface area is 107 Å². The molecule has 2 unspecified atom stereocenters. The van der Waals surface area contributed by atoms with Crippen molar-refractivity contribution in [3.05, 3.63) is 17.7 Å². The molecule has 0 radical (unpaired) electrons. The van der Waals surface area contributed by atoms with Gasteiger partial charge in [-0.2, -0.15) is 0 Å². The lowest BCUT2D eigenvalue weighted by Crippen LogP contribution is -2.48. The summed E-state index contributed by atoms with van der Waals surface area (Å²) in [6.45, 7) is 3.72. The number of fused-ring (bicyclic) bond motifs is 1. The Kier molecular flexibility index (Phi) is 3.07. The SMILES string of the molecule is CC(CNC(=O)C1Cc2nc[nH]c2CN1)C1CC1. The Morgan fingerprint density at radius 2 is 2.44 bits per heavy atom. The van der Waals surface area contributed by atoms with Gasteiger partial charge in [0.25, 0.3) is 0 Å². The molecule has 1 aromatic heterocycles. The molecule has 1 amide bonds. The highest BCUT2D eigenvalue weighted by Crippen LogP contribution is 2.36. The third-order valence-corrected chi connectivity index (χ3v) is 4.07. The van der Waals surface area contributed by atoms with Crippen molar-refractivity contribution in [2.75, 3.05) is 6.54 Å². The summed E-state index contributed by atoms with van der Waals surface area (Å²) < 4.78 is 0. The van der Waals surface area contributed by atoms with Gasteiger partial charge in [0.05, 0.1) is 23.8 Å². The molecule has 1 aliphatic carbocycles. The molecule has 0 spiro atoms. The number of hydrogen-bond acceptors (Lipinski definition) is 3. The molecule has 1 saturated carbocycles. The van der Waals surface area contributed by atoms with Gasteiger partial charge in [-0.25, -0.2) is 4.98 Å². The lowest BCUT2D eigenvalue weighted by atomic mass is 10.0. The third kappa shape index (κ3) is 2.41. The number of carbonyl (C=O) groups excluding carboxylic acids is 1. The maximum absolute atomic E-state index is 12.1. The van der Waals surface area contributed by atoms with Gasteiger partial charge in [-0.05, 0) is 24.7 Å². The molecule has 5 nitrogen and oxygen atoms in total. The van der Waals surface area contributed by atoms with Crippen LogP contribution in [0.2, 0.25) is 0 Å². The summed E-state index contributed by atoms with van der Waals surface area (Å²) in [6, 6.07) is -0.132. The van der Waals surface area contributed by atoms with Crippen LogP contribution in [0.25, 0.3) is 0 Å². The van der Waals surface area contributed by atoms with Crippen LogP contribution in [0.5, 0.6) is 0 Å². The summed E-state index contributed by atoms with van der Waals surface area (Å²) in [5, 5.41) is 6.30. The van der Waals surface area contributed by atoms with Crippen LogP contribution in [0.15, 0.2) is 6.33 Å². The number of imidazole rings is 1. The number of carbonyl (C=O) groups is 1. The molecule has 98 valence electrons. The Morgan fingerprint density at radius 1 is 1.61 bits per heavy atom. The second-order valence-corrected chi connectivity index (χ2v) is 5.53. The average Bonchev–Trinajstić information content (AvgIpc) is 3.13. The molecule has 1 aromatic rings. The molecule has 5 heteroatoms. The monoisotopic (exact) mass is 248 g/mol.